The Bertz CT molecular complexity index is 1790. The van der Waals surface area contributed by atoms with Gasteiger partial charge in [0.25, 0.3) is 5.91 Å². The molecule has 1 aromatic carbocycles. The summed E-state index contributed by atoms with van der Waals surface area (Å²) in [5.41, 5.74) is 2.39. The summed E-state index contributed by atoms with van der Waals surface area (Å²) in [5, 5.41) is 22.0. The molecular formula is C30H28F3N7O3. The number of rotatable bonds is 4. The second kappa shape index (κ2) is 9.96. The minimum Gasteiger partial charge on any atom is -0.506 e. The smallest absolute Gasteiger partial charge is 0.435 e. The van der Waals surface area contributed by atoms with Gasteiger partial charge in [-0.15, -0.1) is 0 Å². The zero-order chi connectivity index (χ0) is 30.0. The van der Waals surface area contributed by atoms with E-state index in [2.05, 4.69) is 21.8 Å². The van der Waals surface area contributed by atoms with Gasteiger partial charge in [0.15, 0.2) is 5.69 Å². The van der Waals surface area contributed by atoms with Gasteiger partial charge in [0.1, 0.15) is 11.4 Å². The first-order chi connectivity index (χ1) is 20.7. The summed E-state index contributed by atoms with van der Waals surface area (Å²) in [6.45, 7) is 4.31. The lowest BCUT2D eigenvalue weighted by atomic mass is 9.80. The molecule has 1 saturated carbocycles. The molecule has 1 aliphatic carbocycles. The Balaban J connectivity index is 1.31. The largest absolute Gasteiger partial charge is 0.506 e. The summed E-state index contributed by atoms with van der Waals surface area (Å²) >= 11 is 0. The van der Waals surface area contributed by atoms with Crippen molar-refractivity contribution in [1.29, 1.82) is 0 Å². The van der Waals surface area contributed by atoms with Crippen LogP contribution in [0.15, 0.2) is 43.2 Å². The normalized spacial score (nSPS) is 18.7. The van der Waals surface area contributed by atoms with E-state index in [4.69, 9.17) is 5.10 Å². The van der Waals surface area contributed by atoms with E-state index < -0.39 is 23.8 Å². The van der Waals surface area contributed by atoms with Crippen molar-refractivity contribution in [3.05, 3.63) is 77.0 Å². The van der Waals surface area contributed by atoms with Crippen LogP contribution in [0.5, 0.6) is 5.75 Å². The summed E-state index contributed by atoms with van der Waals surface area (Å²) in [5.74, 6) is -0.251. The van der Waals surface area contributed by atoms with Crippen molar-refractivity contribution in [1.82, 2.24) is 34.8 Å². The Morgan fingerprint density at radius 2 is 1.95 bits per heavy atom. The maximum Gasteiger partial charge on any atom is 0.435 e. The Kier molecular flexibility index (Phi) is 6.29. The molecule has 1 atom stereocenters. The monoisotopic (exact) mass is 591 g/mol. The summed E-state index contributed by atoms with van der Waals surface area (Å²) in [6.07, 6.45) is 2.80. The van der Waals surface area contributed by atoms with E-state index in [9.17, 15) is 27.9 Å². The van der Waals surface area contributed by atoms with Gasteiger partial charge in [-0.1, -0.05) is 19.1 Å². The van der Waals surface area contributed by atoms with Crippen LogP contribution in [0, 0.1) is 0 Å². The van der Waals surface area contributed by atoms with Gasteiger partial charge < -0.3 is 14.9 Å². The fraction of sp³-hybridized carbons (Fsp3) is 0.367. The predicted molar refractivity (Wildman–Crippen MR) is 149 cm³/mol. The number of phenols is 1. The summed E-state index contributed by atoms with van der Waals surface area (Å²) < 4.78 is 42.5. The van der Waals surface area contributed by atoms with Crippen molar-refractivity contribution < 1.29 is 27.9 Å². The number of aromatic nitrogens is 5. The van der Waals surface area contributed by atoms with Crippen molar-refractivity contribution in [3.63, 3.8) is 0 Å². The maximum absolute atomic E-state index is 14.1. The van der Waals surface area contributed by atoms with E-state index in [0.29, 0.717) is 36.7 Å². The van der Waals surface area contributed by atoms with Crippen LogP contribution in [0.3, 0.4) is 0 Å². The van der Waals surface area contributed by atoms with E-state index in [-0.39, 0.29) is 41.2 Å². The molecule has 0 spiro atoms. The number of carbonyl (C=O) groups excluding carboxylic acids is 2. The number of hydrogen-bond acceptors (Lipinski definition) is 6. The number of alkyl halides is 3. The Morgan fingerprint density at radius 3 is 2.65 bits per heavy atom. The molecule has 2 aliphatic heterocycles. The number of hydrogen-bond donors (Lipinski definition) is 2. The van der Waals surface area contributed by atoms with Gasteiger partial charge in [0.05, 0.1) is 34.7 Å². The highest BCUT2D eigenvalue weighted by Gasteiger charge is 2.42. The minimum atomic E-state index is -4.73. The summed E-state index contributed by atoms with van der Waals surface area (Å²) in [6, 6.07) is 5.06. The molecule has 0 radical (unpaired) electrons. The van der Waals surface area contributed by atoms with E-state index in [1.54, 1.807) is 20.5 Å². The third-order valence-electron chi connectivity index (χ3n) is 8.95. The number of H-pyrrole nitrogens is 1. The van der Waals surface area contributed by atoms with Gasteiger partial charge in [0.2, 0.25) is 5.91 Å². The average molecular weight is 592 g/mol. The highest BCUT2D eigenvalue weighted by Crippen LogP contribution is 2.42. The molecule has 2 N–H and O–H groups in total. The highest BCUT2D eigenvalue weighted by atomic mass is 19.4. The number of fused-ring (bicyclic) bond motifs is 1. The number of halogens is 3. The molecular weight excluding hydrogens is 563 g/mol. The third-order valence-corrected chi connectivity index (χ3v) is 8.95. The highest BCUT2D eigenvalue weighted by molar-refractivity contribution is 6.06. The van der Waals surface area contributed by atoms with Gasteiger partial charge in [-0.3, -0.25) is 14.7 Å². The third kappa shape index (κ3) is 4.36. The van der Waals surface area contributed by atoms with E-state index in [1.165, 1.54) is 18.7 Å². The fourth-order valence-electron chi connectivity index (χ4n) is 6.56. The average Bonchev–Trinajstić information content (AvgIpc) is 3.53. The topological polar surface area (TPSA) is 120 Å². The number of carbonyl (C=O) groups is 2. The second-order valence-corrected chi connectivity index (χ2v) is 11.3. The number of pyridine rings is 1. The van der Waals surface area contributed by atoms with Gasteiger partial charge in [-0.05, 0) is 42.5 Å². The van der Waals surface area contributed by atoms with E-state index in [1.807, 2.05) is 12.1 Å². The molecule has 3 aromatic heterocycles. The van der Waals surface area contributed by atoms with Gasteiger partial charge in [0, 0.05) is 49.6 Å². The van der Waals surface area contributed by atoms with Crippen molar-refractivity contribution in [2.75, 3.05) is 19.6 Å². The molecule has 222 valence electrons. The maximum atomic E-state index is 14.1. The lowest BCUT2D eigenvalue weighted by molar-refractivity contribution is -0.140. The van der Waals surface area contributed by atoms with Crippen LogP contribution in [0.1, 0.15) is 69.8 Å². The van der Waals surface area contributed by atoms with Crippen LogP contribution >= 0.6 is 0 Å². The van der Waals surface area contributed by atoms with Crippen LogP contribution in [-0.2, 0) is 23.8 Å². The molecule has 10 nitrogen and oxygen atoms in total. The van der Waals surface area contributed by atoms with E-state index >= 15 is 0 Å². The van der Waals surface area contributed by atoms with Crippen LogP contribution in [0.4, 0.5) is 13.2 Å². The Labute approximate surface area is 243 Å². The molecule has 0 saturated heterocycles. The number of phenolic OH excluding ortho intramolecular Hbond substituents is 1. The Morgan fingerprint density at radius 1 is 1.14 bits per heavy atom. The molecule has 2 amide bonds. The SMILES string of the molecule is C=CC(=O)N1CCc2nn(-c3ccc(C4CCC4)cc3O)c3c2C(C1)N(C(=O)c1cnc(C(F)(F)F)c2[nH]ncc12)CC3. The first kappa shape index (κ1) is 27.2. The standard InChI is InChI=1S/C30H28F3N7O3/c1-2-25(42)38-10-8-20-26-22(40(37-20)21-7-6-17(12-24(21)41)16-4-3-5-16)9-11-39(23(26)15-38)29(43)19-13-34-28(30(31,32)33)27-18(19)14-35-36-27/h2,6-7,12-14,16,23,41H,1,3-5,8-11,15H2,(H,35,36). The molecule has 13 heteroatoms. The summed E-state index contributed by atoms with van der Waals surface area (Å²) in [7, 11) is 0. The first-order valence-electron chi connectivity index (χ1n) is 14.2. The molecule has 7 rings (SSSR count). The molecule has 43 heavy (non-hydrogen) atoms. The Hall–Kier alpha value is -4.68. The lowest BCUT2D eigenvalue weighted by Crippen LogP contribution is -2.46. The van der Waals surface area contributed by atoms with Crippen LogP contribution in [-0.4, -0.2) is 71.3 Å². The van der Waals surface area contributed by atoms with Crippen LogP contribution < -0.4 is 0 Å². The molecule has 0 bridgehead atoms. The van der Waals surface area contributed by atoms with Crippen molar-refractivity contribution in [3.8, 4) is 11.4 Å². The number of amides is 2. The number of benzene rings is 1. The molecule has 1 unspecified atom stereocenters. The minimum absolute atomic E-state index is 0.0122. The zero-order valence-electron chi connectivity index (χ0n) is 23.1. The first-order valence-corrected chi connectivity index (χ1v) is 14.2. The molecule has 3 aliphatic rings. The zero-order valence-corrected chi connectivity index (χ0v) is 23.1. The van der Waals surface area contributed by atoms with Crippen molar-refractivity contribution >= 4 is 22.7 Å². The van der Waals surface area contributed by atoms with Gasteiger partial charge in [-0.2, -0.15) is 23.4 Å². The quantitative estimate of drug-likeness (QED) is 0.339. The lowest BCUT2D eigenvalue weighted by Gasteiger charge is -2.38. The number of aromatic amines is 1. The summed E-state index contributed by atoms with van der Waals surface area (Å²) in [4.78, 5) is 33.6. The fourth-order valence-corrected chi connectivity index (χ4v) is 6.56. The van der Waals surface area contributed by atoms with Crippen LogP contribution in [0.2, 0.25) is 0 Å². The second-order valence-electron chi connectivity index (χ2n) is 11.3. The van der Waals surface area contributed by atoms with Gasteiger partial charge in [-0.25, -0.2) is 9.67 Å². The molecule has 4 aromatic rings. The van der Waals surface area contributed by atoms with Crippen molar-refractivity contribution in [2.45, 2.75) is 50.2 Å². The molecule has 5 heterocycles. The number of aromatic hydroxyl groups is 1. The van der Waals surface area contributed by atoms with Crippen LogP contribution in [0.25, 0.3) is 16.6 Å². The predicted octanol–water partition coefficient (Wildman–Crippen LogP) is 4.45. The molecule has 1 fully saturated rings. The van der Waals surface area contributed by atoms with Gasteiger partial charge >= 0.3 is 6.18 Å². The van der Waals surface area contributed by atoms with Crippen molar-refractivity contribution in [2.24, 2.45) is 0 Å². The van der Waals surface area contributed by atoms with E-state index in [0.717, 1.165) is 35.9 Å². The number of nitrogens with one attached hydrogen (secondary N) is 1. The number of nitrogens with zero attached hydrogens (tertiary/aromatic N) is 6.